The summed E-state index contributed by atoms with van der Waals surface area (Å²) >= 11 is 1.19. The fraction of sp³-hybridized carbons (Fsp3) is 0.333. The molecule has 3 aromatic rings. The van der Waals surface area contributed by atoms with Gasteiger partial charge in [0.1, 0.15) is 0 Å². The van der Waals surface area contributed by atoms with Gasteiger partial charge in [0.25, 0.3) is 0 Å². The van der Waals surface area contributed by atoms with Gasteiger partial charge < -0.3 is 10.4 Å². The highest BCUT2D eigenvalue weighted by Gasteiger charge is 2.30. The standard InChI is InChI=1S/C27H26F3N5O3S/c1-17-2-3-19(24(37)14-21-13-20(6-8-31-21)27(28,29)30)12-18(17)4-5-23-15-33-26(39-23)34-25(38)32-9-11-35-10-7-22(36)16-35/h2-3,6,8,12-13,15,22,36H,7,9-11,14,16H2,1H3,(H2,32,33,34,38). The number of rotatable bonds is 7. The maximum atomic E-state index is 13.0. The number of aryl methyl sites for hydroxylation is 1. The minimum Gasteiger partial charge on any atom is -0.392 e. The van der Waals surface area contributed by atoms with Crippen LogP contribution in [-0.2, 0) is 12.6 Å². The normalized spacial score (nSPS) is 15.5. The number of pyridine rings is 1. The number of Topliss-reactive ketones (excluding diaryl/α,β-unsaturated/α-hetero) is 1. The molecule has 2 amide bonds. The minimum absolute atomic E-state index is 0.0339. The van der Waals surface area contributed by atoms with Crippen LogP contribution in [0.4, 0.5) is 23.1 Å². The van der Waals surface area contributed by atoms with Crippen molar-refractivity contribution < 1.29 is 27.9 Å². The third-order valence-corrected chi connectivity index (χ3v) is 6.88. The Kier molecular flexibility index (Phi) is 8.96. The van der Waals surface area contributed by atoms with Crippen molar-refractivity contribution in [1.82, 2.24) is 20.2 Å². The number of amides is 2. The first-order chi connectivity index (χ1) is 18.6. The molecular formula is C27H26F3N5O3S. The lowest BCUT2D eigenvalue weighted by Gasteiger charge is -2.14. The Labute approximate surface area is 227 Å². The molecule has 3 heterocycles. The predicted octanol–water partition coefficient (Wildman–Crippen LogP) is 3.88. The third-order valence-electron chi connectivity index (χ3n) is 6.05. The van der Waals surface area contributed by atoms with E-state index in [0.29, 0.717) is 40.8 Å². The number of carbonyl (C=O) groups is 2. The lowest BCUT2D eigenvalue weighted by molar-refractivity contribution is -0.137. The van der Waals surface area contributed by atoms with Gasteiger partial charge in [-0.2, -0.15) is 13.2 Å². The second-order valence-electron chi connectivity index (χ2n) is 9.07. The summed E-state index contributed by atoms with van der Waals surface area (Å²) in [6.07, 6.45) is -1.77. The number of halogens is 3. The van der Waals surface area contributed by atoms with E-state index < -0.39 is 11.7 Å². The summed E-state index contributed by atoms with van der Waals surface area (Å²) in [5.74, 6) is 5.60. The number of aliphatic hydroxyl groups excluding tert-OH is 1. The van der Waals surface area contributed by atoms with Gasteiger partial charge in [-0.25, -0.2) is 9.78 Å². The van der Waals surface area contributed by atoms with Crippen LogP contribution in [0.1, 0.15) is 44.0 Å². The van der Waals surface area contributed by atoms with Gasteiger partial charge in [0.15, 0.2) is 10.9 Å². The molecule has 12 heteroatoms. The molecule has 204 valence electrons. The summed E-state index contributed by atoms with van der Waals surface area (Å²) in [5.41, 5.74) is 0.909. The molecule has 0 radical (unpaired) electrons. The molecule has 1 saturated heterocycles. The summed E-state index contributed by atoms with van der Waals surface area (Å²) in [6, 6.07) is 6.29. The Morgan fingerprint density at radius 2 is 2.03 bits per heavy atom. The zero-order chi connectivity index (χ0) is 28.0. The topological polar surface area (TPSA) is 107 Å². The average Bonchev–Trinajstić information content (AvgIpc) is 3.51. The van der Waals surface area contributed by atoms with Gasteiger partial charge in [-0.05, 0) is 43.0 Å². The van der Waals surface area contributed by atoms with Crippen molar-refractivity contribution in [3.63, 3.8) is 0 Å². The summed E-state index contributed by atoms with van der Waals surface area (Å²) in [4.78, 5) is 35.6. The molecule has 1 aromatic carbocycles. The van der Waals surface area contributed by atoms with Gasteiger partial charge >= 0.3 is 12.2 Å². The van der Waals surface area contributed by atoms with Crippen LogP contribution >= 0.6 is 11.3 Å². The van der Waals surface area contributed by atoms with Crippen molar-refractivity contribution in [3.05, 3.63) is 75.6 Å². The largest absolute Gasteiger partial charge is 0.416 e. The number of urea groups is 1. The van der Waals surface area contributed by atoms with Crippen molar-refractivity contribution in [2.75, 3.05) is 31.5 Å². The van der Waals surface area contributed by atoms with E-state index in [-0.39, 0.29) is 30.0 Å². The third kappa shape index (κ3) is 8.10. The maximum absolute atomic E-state index is 13.0. The minimum atomic E-state index is -4.51. The Bertz CT molecular complexity index is 1410. The molecule has 0 aliphatic carbocycles. The number of benzene rings is 1. The van der Waals surface area contributed by atoms with E-state index in [2.05, 4.69) is 37.3 Å². The number of likely N-dealkylation sites (tertiary alicyclic amines) is 1. The van der Waals surface area contributed by atoms with E-state index in [1.807, 2.05) is 6.92 Å². The number of thiazole rings is 1. The molecule has 4 rings (SSSR count). The fourth-order valence-corrected chi connectivity index (χ4v) is 4.62. The molecule has 3 N–H and O–H groups in total. The van der Waals surface area contributed by atoms with Crippen LogP contribution in [-0.4, -0.2) is 64.1 Å². The second kappa shape index (κ2) is 12.4. The summed E-state index contributed by atoms with van der Waals surface area (Å²) in [5, 5.41) is 15.4. The van der Waals surface area contributed by atoms with Crippen molar-refractivity contribution in [1.29, 1.82) is 0 Å². The van der Waals surface area contributed by atoms with Crippen LogP contribution in [0.25, 0.3) is 0 Å². The van der Waals surface area contributed by atoms with Crippen molar-refractivity contribution in [3.8, 4) is 11.8 Å². The van der Waals surface area contributed by atoms with E-state index in [1.54, 1.807) is 18.2 Å². The lowest BCUT2D eigenvalue weighted by atomic mass is 10.00. The number of alkyl halides is 3. The number of aromatic nitrogens is 2. The molecule has 2 aromatic heterocycles. The van der Waals surface area contributed by atoms with Crippen molar-refractivity contribution in [2.24, 2.45) is 0 Å². The van der Waals surface area contributed by atoms with Crippen molar-refractivity contribution in [2.45, 2.75) is 32.0 Å². The monoisotopic (exact) mass is 557 g/mol. The predicted molar refractivity (Wildman–Crippen MR) is 141 cm³/mol. The molecule has 1 atom stereocenters. The molecule has 0 spiro atoms. The van der Waals surface area contributed by atoms with Crippen molar-refractivity contribution >= 4 is 28.3 Å². The maximum Gasteiger partial charge on any atom is 0.416 e. The molecule has 1 aliphatic heterocycles. The second-order valence-corrected chi connectivity index (χ2v) is 10.1. The summed E-state index contributed by atoms with van der Waals surface area (Å²) in [6.45, 7) is 4.34. The smallest absolute Gasteiger partial charge is 0.392 e. The highest BCUT2D eigenvalue weighted by Crippen LogP contribution is 2.29. The number of carbonyl (C=O) groups excluding carboxylic acids is 2. The first-order valence-electron chi connectivity index (χ1n) is 12.2. The van der Waals surface area contributed by atoms with Gasteiger partial charge in [0.05, 0.1) is 29.2 Å². The number of ketones is 1. The summed E-state index contributed by atoms with van der Waals surface area (Å²) < 4.78 is 38.9. The molecule has 1 aliphatic rings. The van der Waals surface area contributed by atoms with Crippen LogP contribution < -0.4 is 10.6 Å². The van der Waals surface area contributed by atoms with Gasteiger partial charge in [0, 0.05) is 49.2 Å². The van der Waals surface area contributed by atoms with Crippen LogP contribution in [0.2, 0.25) is 0 Å². The highest BCUT2D eigenvalue weighted by atomic mass is 32.1. The number of aliphatic hydroxyl groups is 1. The number of nitrogens with one attached hydrogen (secondary N) is 2. The van der Waals surface area contributed by atoms with Gasteiger partial charge in [-0.1, -0.05) is 29.4 Å². The number of anilines is 1. The Balaban J connectivity index is 1.34. The van der Waals surface area contributed by atoms with Crippen LogP contribution in [0.3, 0.4) is 0 Å². The molecule has 8 nitrogen and oxygen atoms in total. The van der Waals surface area contributed by atoms with Gasteiger partial charge in [-0.3, -0.25) is 20.0 Å². The number of β-amino-alcohol motifs (C(OH)–C–C–N with tert-alkyl or cyclic N) is 1. The fourth-order valence-electron chi connectivity index (χ4n) is 3.95. The number of hydrogen-bond acceptors (Lipinski definition) is 7. The molecule has 0 saturated carbocycles. The van der Waals surface area contributed by atoms with E-state index in [0.717, 1.165) is 36.9 Å². The number of hydrogen-bond donors (Lipinski definition) is 3. The molecule has 39 heavy (non-hydrogen) atoms. The van der Waals surface area contributed by atoms with E-state index in [9.17, 15) is 27.9 Å². The Morgan fingerprint density at radius 1 is 1.21 bits per heavy atom. The van der Waals surface area contributed by atoms with Crippen LogP contribution in [0.15, 0.2) is 42.7 Å². The molecule has 0 bridgehead atoms. The highest BCUT2D eigenvalue weighted by molar-refractivity contribution is 7.16. The molecule has 1 unspecified atom stereocenters. The zero-order valence-corrected chi connectivity index (χ0v) is 21.8. The zero-order valence-electron chi connectivity index (χ0n) is 21.0. The Morgan fingerprint density at radius 3 is 2.77 bits per heavy atom. The average molecular weight is 558 g/mol. The van der Waals surface area contributed by atoms with E-state index in [4.69, 9.17) is 0 Å². The Hall–Kier alpha value is -3.79. The quantitative estimate of drug-likeness (QED) is 0.301. The van der Waals surface area contributed by atoms with E-state index in [1.165, 1.54) is 17.5 Å². The van der Waals surface area contributed by atoms with Gasteiger partial charge in [-0.15, -0.1) is 0 Å². The first-order valence-corrected chi connectivity index (χ1v) is 13.0. The van der Waals surface area contributed by atoms with E-state index >= 15 is 0 Å². The summed E-state index contributed by atoms with van der Waals surface area (Å²) in [7, 11) is 0. The lowest BCUT2D eigenvalue weighted by Crippen LogP contribution is -2.36. The molecule has 1 fully saturated rings. The van der Waals surface area contributed by atoms with Gasteiger partial charge in [0.2, 0.25) is 0 Å². The number of nitrogens with zero attached hydrogens (tertiary/aromatic N) is 3. The first kappa shape index (κ1) is 28.2. The van der Waals surface area contributed by atoms with Crippen LogP contribution in [0, 0.1) is 18.8 Å². The molecular weight excluding hydrogens is 531 g/mol. The SMILES string of the molecule is Cc1ccc(C(=O)Cc2cc(C(F)(F)F)ccn2)cc1C#Cc1cnc(NC(=O)NCCN2CCC(O)C2)s1. The van der Waals surface area contributed by atoms with Crippen LogP contribution in [0.5, 0.6) is 0 Å².